The number of hydrogen-bond acceptors (Lipinski definition) is 10. The van der Waals surface area contributed by atoms with Crippen LogP contribution in [-0.2, 0) is 9.59 Å². The van der Waals surface area contributed by atoms with Gasteiger partial charge in [-0.3, -0.25) is 20.4 Å². The molecule has 2 aliphatic rings. The van der Waals surface area contributed by atoms with Gasteiger partial charge in [0.15, 0.2) is 5.58 Å². The van der Waals surface area contributed by atoms with E-state index in [1.54, 1.807) is 91.0 Å². The maximum Gasteiger partial charge on any atom is 0.227 e. The van der Waals surface area contributed by atoms with Crippen molar-refractivity contribution < 1.29 is 24.2 Å². The van der Waals surface area contributed by atoms with E-state index < -0.39 is 23.4 Å². The summed E-state index contributed by atoms with van der Waals surface area (Å²) >= 11 is 0. The Labute approximate surface area is 343 Å². The molecular weight excluding hydrogens is 755 g/mol. The topological polar surface area (TPSA) is 174 Å². The molecule has 1 heterocycles. The quantitative estimate of drug-likeness (QED) is 0.0635. The normalized spacial score (nSPS) is 15.4. The van der Waals surface area contributed by atoms with Crippen molar-refractivity contribution >= 4 is 80.8 Å². The number of benzene rings is 6. The number of aliphatic hydroxyl groups is 2. The SMILES string of the molecule is Cc1cc(-c2nc3ccc(N/N=C4/C(=O)C(C(O)=Nc5ccccc5)=Cc5ccccc54)cc3o2)ccc1N/N=C1/C(=O)C(C(O)=Nc2ccccc2)=Cc2ccccc21. The number of aliphatic imine (C=N–C) groups is 2. The highest BCUT2D eigenvalue weighted by atomic mass is 16.3. The van der Waals surface area contributed by atoms with Crippen LogP contribution in [0.2, 0.25) is 0 Å². The summed E-state index contributed by atoms with van der Waals surface area (Å²) in [5.74, 6) is -1.37. The number of nitrogens with zero attached hydrogens (tertiary/aromatic N) is 5. The zero-order valence-electron chi connectivity index (χ0n) is 31.9. The molecule has 7 aromatic rings. The van der Waals surface area contributed by atoms with Gasteiger partial charge in [-0.2, -0.15) is 10.2 Å². The number of carbonyl (C=O) groups excluding carboxylic acids is 2. The van der Waals surface area contributed by atoms with Gasteiger partial charge in [0.1, 0.15) is 16.9 Å². The molecule has 6 aromatic carbocycles. The number of hydrazone groups is 2. The Kier molecular flexibility index (Phi) is 9.76. The molecule has 0 spiro atoms. The van der Waals surface area contributed by atoms with Crippen LogP contribution in [0.25, 0.3) is 34.7 Å². The lowest BCUT2D eigenvalue weighted by Crippen LogP contribution is -2.27. The smallest absolute Gasteiger partial charge is 0.227 e. The zero-order chi connectivity index (χ0) is 41.2. The maximum absolute atomic E-state index is 13.7. The van der Waals surface area contributed by atoms with Gasteiger partial charge in [-0.05, 0) is 90.4 Å². The maximum atomic E-state index is 13.7. The lowest BCUT2D eigenvalue weighted by atomic mass is 9.89. The Morgan fingerprint density at radius 2 is 1.13 bits per heavy atom. The van der Waals surface area contributed by atoms with Gasteiger partial charge in [0, 0.05) is 22.8 Å². The second-order valence-corrected chi connectivity index (χ2v) is 13.9. The summed E-state index contributed by atoms with van der Waals surface area (Å²) in [6.07, 6.45) is 3.23. The largest absolute Gasteiger partial charge is 0.493 e. The minimum Gasteiger partial charge on any atom is -0.493 e. The number of nitrogens with one attached hydrogen (secondary N) is 2. The summed E-state index contributed by atoms with van der Waals surface area (Å²) in [5.41, 5.74) is 13.9. The van der Waals surface area contributed by atoms with E-state index in [0.717, 1.165) is 11.1 Å². The van der Waals surface area contributed by atoms with E-state index in [0.29, 0.717) is 62.0 Å². The van der Waals surface area contributed by atoms with Crippen molar-refractivity contribution in [3.63, 3.8) is 0 Å². The van der Waals surface area contributed by atoms with Crippen LogP contribution >= 0.6 is 0 Å². The van der Waals surface area contributed by atoms with E-state index in [1.165, 1.54) is 0 Å². The Morgan fingerprint density at radius 1 is 0.600 bits per heavy atom. The molecule has 0 radical (unpaired) electrons. The number of carbonyl (C=O) groups is 2. The number of rotatable bonds is 9. The van der Waals surface area contributed by atoms with Gasteiger partial charge >= 0.3 is 0 Å². The van der Waals surface area contributed by atoms with Crippen molar-refractivity contribution in [2.75, 3.05) is 10.9 Å². The molecule has 0 fully saturated rings. The van der Waals surface area contributed by atoms with E-state index in [2.05, 4.69) is 31.0 Å². The monoisotopic (exact) mass is 787 g/mol. The first kappa shape index (κ1) is 37.1. The second kappa shape index (κ2) is 15.8. The first-order valence-corrected chi connectivity index (χ1v) is 18.9. The highest BCUT2D eigenvalue weighted by Crippen LogP contribution is 2.31. The van der Waals surface area contributed by atoms with Gasteiger partial charge in [0.2, 0.25) is 29.3 Å². The lowest BCUT2D eigenvalue weighted by molar-refractivity contribution is -0.110. The van der Waals surface area contributed by atoms with Gasteiger partial charge in [0.05, 0.1) is 33.9 Å². The van der Waals surface area contributed by atoms with Crippen molar-refractivity contribution in [2.45, 2.75) is 6.92 Å². The van der Waals surface area contributed by atoms with Crippen LogP contribution in [0.5, 0.6) is 0 Å². The Bertz CT molecular complexity index is 3050. The predicted molar refractivity (Wildman–Crippen MR) is 236 cm³/mol. The number of oxazole rings is 1. The molecular formula is C48H33N7O5. The number of anilines is 2. The summed E-state index contributed by atoms with van der Waals surface area (Å²) in [6, 6.07) is 43.3. The van der Waals surface area contributed by atoms with Gasteiger partial charge in [-0.1, -0.05) is 84.9 Å². The van der Waals surface area contributed by atoms with E-state index in [9.17, 15) is 19.8 Å². The summed E-state index contributed by atoms with van der Waals surface area (Å²) in [6.45, 7) is 1.90. The fourth-order valence-electron chi connectivity index (χ4n) is 6.82. The standard InChI is InChI=1S/C48H33N7O5/c1-28-24-31(20-22-39(28)53-55-43-36-19-11-9-13-30(36)26-38(45(43)57)47(59)50-33-16-6-3-7-17-33)48-51-40-23-21-34(27-41(40)60-48)52-54-42-35-18-10-8-12-29(35)25-37(44(42)56)46(58)49-32-14-4-2-5-15-32/h2-27,52-53H,1H3,(H,49,58)(H,50,59)/b54-42+,55-43+. The van der Waals surface area contributed by atoms with Crippen LogP contribution in [-0.4, -0.2) is 50.0 Å². The molecule has 290 valence electrons. The summed E-state index contributed by atoms with van der Waals surface area (Å²) in [7, 11) is 0. The van der Waals surface area contributed by atoms with Crippen molar-refractivity contribution in [2.24, 2.45) is 20.2 Å². The van der Waals surface area contributed by atoms with Gasteiger partial charge in [0.25, 0.3) is 0 Å². The number of hydrogen-bond donors (Lipinski definition) is 4. The highest BCUT2D eigenvalue weighted by Gasteiger charge is 2.30. The van der Waals surface area contributed by atoms with Crippen molar-refractivity contribution in [1.82, 2.24) is 4.98 Å². The first-order valence-electron chi connectivity index (χ1n) is 18.9. The molecule has 0 saturated carbocycles. The summed E-state index contributed by atoms with van der Waals surface area (Å²) < 4.78 is 6.19. The molecule has 0 unspecified atom stereocenters. The minimum absolute atomic E-state index is 0.0289. The van der Waals surface area contributed by atoms with Crippen LogP contribution in [0, 0.1) is 6.92 Å². The Hall–Kier alpha value is -8.51. The van der Waals surface area contributed by atoms with Crippen LogP contribution in [0.15, 0.2) is 181 Å². The second-order valence-electron chi connectivity index (χ2n) is 13.9. The number of Topliss-reactive ketones (excluding diaryl/α,β-unsaturated/α-hetero) is 2. The number of para-hydroxylation sites is 2. The van der Waals surface area contributed by atoms with Crippen molar-refractivity contribution in [3.05, 3.63) is 185 Å². The van der Waals surface area contributed by atoms with Crippen LogP contribution in [0.4, 0.5) is 22.7 Å². The molecule has 0 atom stereocenters. The van der Waals surface area contributed by atoms with E-state index >= 15 is 0 Å². The number of ketones is 2. The van der Waals surface area contributed by atoms with E-state index in [-0.39, 0.29) is 22.6 Å². The number of aryl methyl sites for hydroxylation is 1. The van der Waals surface area contributed by atoms with Gasteiger partial charge in [-0.15, -0.1) is 0 Å². The minimum atomic E-state index is -0.481. The third kappa shape index (κ3) is 7.39. The molecule has 4 N–H and O–H groups in total. The number of aliphatic hydroxyl groups excluding tert-OH is 2. The Balaban J connectivity index is 0.939. The highest BCUT2D eigenvalue weighted by molar-refractivity contribution is 6.59. The molecule has 1 aromatic heterocycles. The molecule has 2 aliphatic carbocycles. The third-order valence-corrected chi connectivity index (χ3v) is 9.86. The average Bonchev–Trinajstić information content (AvgIpc) is 3.70. The molecule has 0 aliphatic heterocycles. The molecule has 0 saturated heterocycles. The summed E-state index contributed by atoms with van der Waals surface area (Å²) in [5, 5.41) is 30.8. The zero-order valence-corrected chi connectivity index (χ0v) is 31.9. The van der Waals surface area contributed by atoms with Crippen molar-refractivity contribution in [1.29, 1.82) is 0 Å². The van der Waals surface area contributed by atoms with Crippen LogP contribution in [0.1, 0.15) is 27.8 Å². The predicted octanol–water partition coefficient (Wildman–Crippen LogP) is 9.94. The van der Waals surface area contributed by atoms with Gasteiger partial charge in [-0.25, -0.2) is 15.0 Å². The molecule has 0 amide bonds. The van der Waals surface area contributed by atoms with Crippen LogP contribution in [0.3, 0.4) is 0 Å². The average molecular weight is 788 g/mol. The van der Waals surface area contributed by atoms with Crippen molar-refractivity contribution in [3.8, 4) is 11.5 Å². The summed E-state index contributed by atoms with van der Waals surface area (Å²) in [4.78, 5) is 40.6. The molecule has 12 nitrogen and oxygen atoms in total. The molecule has 60 heavy (non-hydrogen) atoms. The molecule has 0 bridgehead atoms. The number of fused-ring (bicyclic) bond motifs is 3. The number of aromatic nitrogens is 1. The van der Waals surface area contributed by atoms with E-state index in [4.69, 9.17) is 9.40 Å². The first-order chi connectivity index (χ1) is 29.3. The third-order valence-electron chi connectivity index (χ3n) is 9.86. The lowest BCUT2D eigenvalue weighted by Gasteiger charge is -2.17. The van der Waals surface area contributed by atoms with E-state index in [1.807, 2.05) is 73.7 Å². The molecule has 9 rings (SSSR count). The molecule has 12 heteroatoms. The fourth-order valence-corrected chi connectivity index (χ4v) is 6.82. The Morgan fingerprint density at radius 3 is 1.70 bits per heavy atom. The van der Waals surface area contributed by atoms with Gasteiger partial charge < -0.3 is 14.6 Å². The fraction of sp³-hybridized carbons (Fsp3) is 0.0208. The van der Waals surface area contributed by atoms with Crippen LogP contribution < -0.4 is 10.9 Å².